The first-order valence-electron chi connectivity index (χ1n) is 6.83. The van der Waals surface area contributed by atoms with Gasteiger partial charge in [0, 0.05) is 5.69 Å². The first-order valence-corrected chi connectivity index (χ1v) is 6.83. The Balaban J connectivity index is 1.68. The van der Waals surface area contributed by atoms with Crippen LogP contribution < -0.4 is 9.47 Å². The summed E-state index contributed by atoms with van der Waals surface area (Å²) in [6, 6.07) is 11.3. The molecule has 0 aliphatic rings. The van der Waals surface area contributed by atoms with Crippen LogP contribution in [-0.2, 0) is 6.61 Å². The number of ether oxygens (including phenoxy) is 2. The zero-order chi connectivity index (χ0) is 14.7. The Labute approximate surface area is 122 Å². The van der Waals surface area contributed by atoms with Crippen LogP contribution >= 0.6 is 0 Å². The van der Waals surface area contributed by atoms with Gasteiger partial charge in [0.1, 0.15) is 17.0 Å². The van der Waals surface area contributed by atoms with Gasteiger partial charge in [-0.15, -0.1) is 0 Å². The van der Waals surface area contributed by atoms with E-state index in [0.29, 0.717) is 18.2 Å². The van der Waals surface area contributed by atoms with Crippen LogP contribution in [0, 0.1) is 6.92 Å². The van der Waals surface area contributed by atoms with E-state index in [1.807, 2.05) is 50.2 Å². The van der Waals surface area contributed by atoms with Gasteiger partial charge >= 0.3 is 0 Å². The van der Waals surface area contributed by atoms with Crippen molar-refractivity contribution in [3.05, 3.63) is 48.0 Å². The molecule has 0 saturated heterocycles. The molecule has 0 bridgehead atoms. The molecule has 0 saturated carbocycles. The molecule has 108 valence electrons. The van der Waals surface area contributed by atoms with Crippen molar-refractivity contribution in [3.63, 3.8) is 0 Å². The van der Waals surface area contributed by atoms with Gasteiger partial charge in [-0.25, -0.2) is 9.97 Å². The average Bonchev–Trinajstić information content (AvgIpc) is 2.89. The first kappa shape index (κ1) is 13.4. The van der Waals surface area contributed by atoms with Crippen LogP contribution in [0.25, 0.3) is 11.2 Å². The summed E-state index contributed by atoms with van der Waals surface area (Å²) in [6.07, 6.45) is 0. The largest absolute Gasteiger partial charge is 0.494 e. The van der Waals surface area contributed by atoms with Crippen molar-refractivity contribution in [1.82, 2.24) is 9.97 Å². The van der Waals surface area contributed by atoms with E-state index in [4.69, 9.17) is 13.9 Å². The smallest absolute Gasteiger partial charge is 0.247 e. The van der Waals surface area contributed by atoms with Crippen LogP contribution in [0.15, 0.2) is 40.8 Å². The van der Waals surface area contributed by atoms with Gasteiger partial charge in [0.2, 0.25) is 11.6 Å². The van der Waals surface area contributed by atoms with Crippen LogP contribution in [0.4, 0.5) is 0 Å². The van der Waals surface area contributed by atoms with Gasteiger partial charge in [-0.05, 0) is 50.2 Å². The minimum absolute atomic E-state index is 0.267. The molecule has 0 atom stereocenters. The van der Waals surface area contributed by atoms with E-state index in [1.165, 1.54) is 0 Å². The molecule has 0 aliphatic carbocycles. The number of aromatic nitrogens is 2. The van der Waals surface area contributed by atoms with Gasteiger partial charge in [0.25, 0.3) is 0 Å². The molecule has 0 fully saturated rings. The van der Waals surface area contributed by atoms with Crippen molar-refractivity contribution >= 4 is 11.2 Å². The highest BCUT2D eigenvalue weighted by molar-refractivity contribution is 5.67. The van der Waals surface area contributed by atoms with Gasteiger partial charge in [0.05, 0.1) is 6.61 Å². The monoisotopic (exact) mass is 284 g/mol. The summed E-state index contributed by atoms with van der Waals surface area (Å²) in [5.74, 6) is 2.08. The first-order chi connectivity index (χ1) is 10.2. The Morgan fingerprint density at radius 2 is 1.67 bits per heavy atom. The second-order valence-corrected chi connectivity index (χ2v) is 4.58. The van der Waals surface area contributed by atoms with Crippen molar-refractivity contribution in [2.24, 2.45) is 0 Å². The lowest BCUT2D eigenvalue weighted by Gasteiger charge is -2.05. The molecule has 1 aromatic carbocycles. The fourth-order valence-electron chi connectivity index (χ4n) is 1.96. The number of aryl methyl sites for hydroxylation is 1. The number of rotatable bonds is 5. The van der Waals surface area contributed by atoms with Gasteiger partial charge in [0.15, 0.2) is 6.61 Å². The maximum absolute atomic E-state index is 5.65. The molecule has 0 unspecified atom stereocenters. The molecule has 0 spiro atoms. The third kappa shape index (κ3) is 3.13. The minimum Gasteiger partial charge on any atom is -0.494 e. The summed E-state index contributed by atoms with van der Waals surface area (Å²) in [6.45, 7) is 4.78. The van der Waals surface area contributed by atoms with Crippen LogP contribution in [0.1, 0.15) is 18.5 Å². The van der Waals surface area contributed by atoms with Crippen LogP contribution in [0.3, 0.4) is 0 Å². The number of benzene rings is 1. The summed E-state index contributed by atoms with van der Waals surface area (Å²) in [7, 11) is 0. The predicted molar refractivity (Wildman–Crippen MR) is 78.5 cm³/mol. The van der Waals surface area contributed by atoms with E-state index in [2.05, 4.69) is 9.97 Å². The highest BCUT2D eigenvalue weighted by Gasteiger charge is 2.07. The Morgan fingerprint density at radius 3 is 2.38 bits per heavy atom. The number of hydrogen-bond acceptors (Lipinski definition) is 5. The van der Waals surface area contributed by atoms with Crippen molar-refractivity contribution < 1.29 is 13.9 Å². The fourth-order valence-corrected chi connectivity index (χ4v) is 1.96. The second-order valence-electron chi connectivity index (χ2n) is 4.58. The maximum atomic E-state index is 5.65. The van der Waals surface area contributed by atoms with E-state index in [0.717, 1.165) is 22.7 Å². The molecule has 5 nitrogen and oxygen atoms in total. The standard InChI is InChI=1S/C16H16N2O3/c1-3-19-12-5-7-13(8-6-12)20-10-15-18-14-9-4-11(2)17-16(14)21-15/h4-9H,3,10H2,1-2H3. The van der Waals surface area contributed by atoms with Gasteiger partial charge in [-0.1, -0.05) is 0 Å². The highest BCUT2D eigenvalue weighted by atomic mass is 16.5. The van der Waals surface area contributed by atoms with Crippen molar-refractivity contribution in [3.8, 4) is 11.5 Å². The summed E-state index contributed by atoms with van der Waals surface area (Å²) in [5, 5.41) is 0. The van der Waals surface area contributed by atoms with Crippen molar-refractivity contribution in [2.75, 3.05) is 6.61 Å². The molecule has 3 rings (SSSR count). The molecular formula is C16H16N2O3. The van der Waals surface area contributed by atoms with Crippen LogP contribution in [-0.4, -0.2) is 16.6 Å². The molecule has 0 amide bonds. The third-order valence-electron chi connectivity index (χ3n) is 2.94. The van der Waals surface area contributed by atoms with E-state index >= 15 is 0 Å². The summed E-state index contributed by atoms with van der Waals surface area (Å²) >= 11 is 0. The molecule has 0 N–H and O–H groups in total. The van der Waals surface area contributed by atoms with Crippen molar-refractivity contribution in [1.29, 1.82) is 0 Å². The second kappa shape index (κ2) is 5.83. The molecule has 2 heterocycles. The Morgan fingerprint density at radius 1 is 0.952 bits per heavy atom. The zero-order valence-electron chi connectivity index (χ0n) is 12.0. The van der Waals surface area contributed by atoms with E-state index in [-0.39, 0.29) is 6.61 Å². The summed E-state index contributed by atoms with van der Waals surface area (Å²) in [5.41, 5.74) is 2.18. The molecule has 21 heavy (non-hydrogen) atoms. The summed E-state index contributed by atoms with van der Waals surface area (Å²) in [4.78, 5) is 8.62. The zero-order valence-corrected chi connectivity index (χ0v) is 12.0. The predicted octanol–water partition coefficient (Wildman–Crippen LogP) is 3.51. The Kier molecular flexibility index (Phi) is 3.73. The van der Waals surface area contributed by atoms with Gasteiger partial charge in [-0.3, -0.25) is 0 Å². The van der Waals surface area contributed by atoms with E-state index in [9.17, 15) is 0 Å². The normalized spacial score (nSPS) is 10.8. The quantitative estimate of drug-likeness (QED) is 0.717. The third-order valence-corrected chi connectivity index (χ3v) is 2.94. The van der Waals surface area contributed by atoms with Crippen LogP contribution in [0.5, 0.6) is 11.5 Å². The lowest BCUT2D eigenvalue weighted by atomic mass is 10.3. The molecule has 0 aliphatic heterocycles. The lowest BCUT2D eigenvalue weighted by Crippen LogP contribution is -1.96. The lowest BCUT2D eigenvalue weighted by molar-refractivity contribution is 0.266. The van der Waals surface area contributed by atoms with E-state index in [1.54, 1.807) is 0 Å². The maximum Gasteiger partial charge on any atom is 0.247 e. The number of pyridine rings is 1. The number of fused-ring (bicyclic) bond motifs is 1. The molecule has 2 aromatic heterocycles. The SMILES string of the molecule is CCOc1ccc(OCc2nc3ccc(C)nc3o2)cc1. The summed E-state index contributed by atoms with van der Waals surface area (Å²) < 4.78 is 16.6. The Bertz CT molecular complexity index is 735. The number of hydrogen-bond donors (Lipinski definition) is 0. The molecule has 5 heteroatoms. The number of nitrogens with zero attached hydrogens (tertiary/aromatic N) is 2. The fraction of sp³-hybridized carbons (Fsp3) is 0.250. The molecular weight excluding hydrogens is 268 g/mol. The molecule has 3 aromatic rings. The topological polar surface area (TPSA) is 57.4 Å². The average molecular weight is 284 g/mol. The van der Waals surface area contributed by atoms with Crippen LogP contribution in [0.2, 0.25) is 0 Å². The number of oxazole rings is 1. The van der Waals surface area contributed by atoms with E-state index < -0.39 is 0 Å². The van der Waals surface area contributed by atoms with Gasteiger partial charge < -0.3 is 13.9 Å². The van der Waals surface area contributed by atoms with Gasteiger partial charge in [-0.2, -0.15) is 0 Å². The van der Waals surface area contributed by atoms with Crippen molar-refractivity contribution in [2.45, 2.75) is 20.5 Å². The molecule has 0 radical (unpaired) electrons. The minimum atomic E-state index is 0.267. The Hall–Kier alpha value is -2.56. The highest BCUT2D eigenvalue weighted by Crippen LogP contribution is 2.19.